The summed E-state index contributed by atoms with van der Waals surface area (Å²) in [5.41, 5.74) is 0.927. The lowest BCUT2D eigenvalue weighted by Gasteiger charge is -1.98. The van der Waals surface area contributed by atoms with Crippen LogP contribution in [0.1, 0.15) is 10.5 Å². The Morgan fingerprint density at radius 1 is 1.06 bits per heavy atom. The molecule has 0 amide bonds. The fourth-order valence-corrected chi connectivity index (χ4v) is 4.04. The van der Waals surface area contributed by atoms with Crippen molar-refractivity contribution in [3.05, 3.63) is 30.0 Å². The van der Waals surface area contributed by atoms with Gasteiger partial charge in [-0.05, 0) is 12.1 Å². The molecular formula is C9H4N2O3S2. The van der Waals surface area contributed by atoms with Crippen LogP contribution in [0.15, 0.2) is 29.3 Å². The van der Waals surface area contributed by atoms with Crippen LogP contribution in [-0.2, 0) is 8.87 Å². The van der Waals surface area contributed by atoms with Crippen LogP contribution >= 0.6 is 10.8 Å². The molecule has 0 N–H and O–H groups in total. The van der Waals surface area contributed by atoms with Gasteiger partial charge in [-0.3, -0.25) is 4.79 Å². The zero-order chi connectivity index (χ0) is 11.3. The first-order chi connectivity index (χ1) is 7.58. The van der Waals surface area contributed by atoms with Crippen LogP contribution in [0.4, 0.5) is 0 Å². The summed E-state index contributed by atoms with van der Waals surface area (Å²) in [6.45, 7) is 0. The van der Waals surface area contributed by atoms with Gasteiger partial charge >= 0.3 is 0 Å². The van der Waals surface area contributed by atoms with Gasteiger partial charge in [-0.15, -0.1) is 0 Å². The summed E-state index contributed by atoms with van der Waals surface area (Å²) in [4.78, 5) is 19.4. The Balaban J connectivity index is 2.47. The first-order valence-corrected chi connectivity index (χ1v) is 7.15. The van der Waals surface area contributed by atoms with Crippen molar-refractivity contribution in [3.63, 3.8) is 0 Å². The maximum absolute atomic E-state index is 11.5. The zero-order valence-corrected chi connectivity index (χ0v) is 9.38. The molecule has 0 saturated carbocycles. The molecule has 7 heteroatoms. The number of carbonyl (C=O) groups excluding carboxylic acids is 1. The molecule has 16 heavy (non-hydrogen) atoms. The van der Waals surface area contributed by atoms with E-state index in [1.54, 1.807) is 24.3 Å². The van der Waals surface area contributed by atoms with Gasteiger partial charge in [0.15, 0.2) is 10.7 Å². The summed E-state index contributed by atoms with van der Waals surface area (Å²) in [5.74, 6) is 0. The molecule has 0 aliphatic carbocycles. The lowest BCUT2D eigenvalue weighted by Crippen LogP contribution is -1.99. The van der Waals surface area contributed by atoms with Crippen LogP contribution in [0, 0.1) is 0 Å². The largest absolute Gasteiger partial charge is 0.279 e. The van der Waals surface area contributed by atoms with Gasteiger partial charge in [-0.25, -0.2) is 18.4 Å². The van der Waals surface area contributed by atoms with Gasteiger partial charge in [0.25, 0.3) is 14.0 Å². The Labute approximate surface area is 94.2 Å². The number of hydrogen-bond donors (Lipinski definition) is 0. The molecule has 3 rings (SSSR count). The molecule has 1 aliphatic rings. The normalized spacial score (nSPS) is 17.6. The van der Waals surface area contributed by atoms with Crippen LogP contribution in [0.3, 0.4) is 0 Å². The molecule has 0 saturated heterocycles. The van der Waals surface area contributed by atoms with E-state index in [4.69, 9.17) is 0 Å². The summed E-state index contributed by atoms with van der Waals surface area (Å²) >= 11 is 0. The van der Waals surface area contributed by atoms with Gasteiger partial charge in [0.05, 0.1) is 21.8 Å². The fraction of sp³-hybridized carbons (Fsp3) is 0. The molecule has 0 bridgehead atoms. The van der Waals surface area contributed by atoms with Crippen molar-refractivity contribution in [2.24, 2.45) is 0 Å². The summed E-state index contributed by atoms with van der Waals surface area (Å²) in [7, 11) is -3.38. The van der Waals surface area contributed by atoms with Crippen molar-refractivity contribution in [1.29, 1.82) is 0 Å². The molecule has 2 aromatic rings. The number of aromatic nitrogens is 2. The maximum atomic E-state index is 11.5. The molecule has 0 fully saturated rings. The van der Waals surface area contributed by atoms with Gasteiger partial charge in [0.2, 0.25) is 0 Å². The monoisotopic (exact) mass is 252 g/mol. The van der Waals surface area contributed by atoms with Gasteiger partial charge in [0, 0.05) is 0 Å². The Kier molecular flexibility index (Phi) is 1.84. The minimum absolute atomic E-state index is 0.0660. The number of rotatable bonds is 0. The van der Waals surface area contributed by atoms with E-state index in [1.165, 1.54) is 0 Å². The summed E-state index contributed by atoms with van der Waals surface area (Å²) in [6, 6.07) is 6.83. The average Bonchev–Trinajstić information content (AvgIpc) is 2.47. The zero-order valence-electron chi connectivity index (χ0n) is 7.75. The Bertz CT molecular complexity index is 725. The molecule has 5 nitrogen and oxygen atoms in total. The van der Waals surface area contributed by atoms with Crippen LogP contribution in [0.5, 0.6) is 0 Å². The number of para-hydroxylation sites is 2. The first kappa shape index (κ1) is 9.73. The van der Waals surface area contributed by atoms with Crippen LogP contribution in [-0.4, -0.2) is 23.5 Å². The van der Waals surface area contributed by atoms with E-state index in [2.05, 4.69) is 9.97 Å². The van der Waals surface area contributed by atoms with Gasteiger partial charge in [-0.1, -0.05) is 12.1 Å². The van der Waals surface area contributed by atoms with Crippen molar-refractivity contribution in [3.8, 4) is 0 Å². The summed E-state index contributed by atoms with van der Waals surface area (Å²) < 4.78 is 23.1. The highest BCUT2D eigenvalue weighted by molar-refractivity contribution is 8.78. The molecule has 0 radical (unpaired) electrons. The molecule has 1 aromatic carbocycles. The molecular weight excluding hydrogens is 248 g/mol. The van der Waals surface area contributed by atoms with Gasteiger partial charge in [-0.2, -0.15) is 0 Å². The molecule has 80 valence electrons. The quantitative estimate of drug-likeness (QED) is 0.656. The second kappa shape index (κ2) is 3.02. The third kappa shape index (κ3) is 1.25. The van der Waals surface area contributed by atoms with Gasteiger partial charge in [0.1, 0.15) is 0 Å². The Morgan fingerprint density at radius 3 is 2.38 bits per heavy atom. The van der Waals surface area contributed by atoms with Crippen molar-refractivity contribution >= 4 is 35.8 Å². The number of hydrogen-bond acceptors (Lipinski definition) is 6. The molecule has 0 unspecified atom stereocenters. The average molecular weight is 252 g/mol. The SMILES string of the molecule is O=C1SS(=O)(=O)c2nc3ccccc3nc21. The number of fused-ring (bicyclic) bond motifs is 2. The molecule has 0 spiro atoms. The molecule has 2 heterocycles. The lowest BCUT2D eigenvalue weighted by atomic mass is 10.3. The van der Waals surface area contributed by atoms with Crippen LogP contribution in [0.2, 0.25) is 0 Å². The van der Waals surface area contributed by atoms with Crippen molar-refractivity contribution in [2.45, 2.75) is 5.03 Å². The van der Waals surface area contributed by atoms with Crippen molar-refractivity contribution in [2.75, 3.05) is 0 Å². The van der Waals surface area contributed by atoms with E-state index >= 15 is 0 Å². The highest BCUT2D eigenvalue weighted by atomic mass is 33.1. The third-order valence-electron chi connectivity index (χ3n) is 2.15. The second-order valence-electron chi connectivity index (χ2n) is 3.19. The lowest BCUT2D eigenvalue weighted by molar-refractivity contribution is 0.108. The molecule has 1 aliphatic heterocycles. The standard InChI is InChI=1S/C9H4N2O3S2/c12-9-7-8(16(13,14)15-9)11-6-4-2-1-3-5(6)10-7/h1-4H. The number of benzene rings is 1. The van der Waals surface area contributed by atoms with E-state index in [9.17, 15) is 13.2 Å². The maximum Gasteiger partial charge on any atom is 0.257 e. The minimum Gasteiger partial charge on any atom is -0.279 e. The predicted octanol–water partition coefficient (Wildman–Crippen LogP) is 1.21. The first-order valence-electron chi connectivity index (χ1n) is 4.33. The Hall–Kier alpha value is -1.47. The Morgan fingerprint density at radius 2 is 1.69 bits per heavy atom. The number of carbonyl (C=O) groups is 1. The number of nitrogens with zero attached hydrogens (tertiary/aromatic N) is 2. The van der Waals surface area contributed by atoms with Crippen molar-refractivity contribution < 1.29 is 13.2 Å². The van der Waals surface area contributed by atoms with Crippen molar-refractivity contribution in [1.82, 2.24) is 9.97 Å². The molecule has 1 aromatic heterocycles. The van der Waals surface area contributed by atoms with Crippen LogP contribution < -0.4 is 0 Å². The van der Waals surface area contributed by atoms with Crippen LogP contribution in [0.25, 0.3) is 11.0 Å². The minimum atomic E-state index is -3.65. The summed E-state index contributed by atoms with van der Waals surface area (Å²) in [5, 5.41) is -0.783. The van der Waals surface area contributed by atoms with E-state index in [0.717, 1.165) is 0 Å². The highest BCUT2D eigenvalue weighted by Crippen LogP contribution is 2.36. The van der Waals surface area contributed by atoms with E-state index in [0.29, 0.717) is 11.0 Å². The van der Waals surface area contributed by atoms with Gasteiger partial charge < -0.3 is 0 Å². The predicted molar refractivity (Wildman–Crippen MR) is 58.6 cm³/mol. The van der Waals surface area contributed by atoms with E-state index in [1.807, 2.05) is 0 Å². The smallest absolute Gasteiger partial charge is 0.257 e. The topological polar surface area (TPSA) is 77.0 Å². The highest BCUT2D eigenvalue weighted by Gasteiger charge is 2.38. The summed E-state index contributed by atoms with van der Waals surface area (Å²) in [6.07, 6.45) is 0. The second-order valence-corrected chi connectivity index (χ2v) is 6.84. The third-order valence-corrected chi connectivity index (χ3v) is 5.06. The van der Waals surface area contributed by atoms with E-state index in [-0.39, 0.29) is 21.5 Å². The fourth-order valence-electron chi connectivity index (χ4n) is 1.47. The molecule has 0 atom stereocenters. The van der Waals surface area contributed by atoms with E-state index < -0.39 is 14.0 Å².